The molecule has 0 aromatic heterocycles. The summed E-state index contributed by atoms with van der Waals surface area (Å²) in [7, 11) is -2.43. The molecule has 1 rings (SSSR count). The molecule has 0 amide bonds. The van der Waals surface area contributed by atoms with Gasteiger partial charge in [-0.25, -0.2) is 8.42 Å². The Labute approximate surface area is 123 Å². The lowest BCUT2D eigenvalue weighted by Crippen LogP contribution is -2.33. The third-order valence-corrected chi connectivity index (χ3v) is 4.56. The number of esters is 1. The van der Waals surface area contributed by atoms with Gasteiger partial charge in [-0.05, 0) is 19.1 Å². The van der Waals surface area contributed by atoms with Crippen LogP contribution < -0.4 is 5.73 Å². The average molecular weight is 316 g/mol. The quantitative estimate of drug-likeness (QED) is 0.607. The molecule has 0 saturated heterocycles. The number of nitrogens with two attached hydrogens (primary N) is 1. The van der Waals surface area contributed by atoms with Gasteiger partial charge in [0, 0.05) is 12.6 Å². The first-order valence-electron chi connectivity index (χ1n) is 5.81. The van der Waals surface area contributed by atoms with Crippen LogP contribution in [0.3, 0.4) is 0 Å². The van der Waals surface area contributed by atoms with Gasteiger partial charge in [-0.15, -0.1) is 0 Å². The minimum atomic E-state index is -3.75. The summed E-state index contributed by atoms with van der Waals surface area (Å²) < 4.78 is 30.1. The minimum Gasteiger partial charge on any atom is -0.465 e. The molecule has 0 fully saturated rings. The Balaban J connectivity index is 2.92. The summed E-state index contributed by atoms with van der Waals surface area (Å²) in [6.45, 7) is 1.52. The van der Waals surface area contributed by atoms with Crippen LogP contribution >= 0.6 is 12.2 Å². The molecule has 0 unspecified atom stereocenters. The van der Waals surface area contributed by atoms with Gasteiger partial charge in [-0.3, -0.25) is 4.79 Å². The van der Waals surface area contributed by atoms with Crippen molar-refractivity contribution in [2.75, 3.05) is 20.2 Å². The third kappa shape index (κ3) is 3.99. The molecule has 0 bridgehead atoms. The topological polar surface area (TPSA) is 89.7 Å². The molecule has 0 saturated carbocycles. The van der Waals surface area contributed by atoms with E-state index in [2.05, 4.69) is 0 Å². The Kier molecular flexibility index (Phi) is 5.61. The highest BCUT2D eigenvalue weighted by Gasteiger charge is 2.23. The van der Waals surface area contributed by atoms with Crippen LogP contribution in [-0.4, -0.2) is 43.9 Å². The number of ether oxygens (including phenoxy) is 1. The van der Waals surface area contributed by atoms with Crippen molar-refractivity contribution < 1.29 is 17.9 Å². The van der Waals surface area contributed by atoms with Crippen molar-refractivity contribution in [1.29, 1.82) is 0 Å². The molecule has 0 radical (unpaired) electrons. The van der Waals surface area contributed by atoms with Gasteiger partial charge in [0.15, 0.2) is 0 Å². The van der Waals surface area contributed by atoms with E-state index in [9.17, 15) is 13.2 Å². The highest BCUT2D eigenvalue weighted by Crippen LogP contribution is 2.15. The van der Waals surface area contributed by atoms with E-state index in [4.69, 9.17) is 22.7 Å². The van der Waals surface area contributed by atoms with Gasteiger partial charge in [0.25, 0.3) is 0 Å². The monoisotopic (exact) mass is 316 g/mol. The number of carbonyl (C=O) groups excluding carboxylic acids is 1. The zero-order chi connectivity index (χ0) is 15.3. The number of rotatable bonds is 6. The van der Waals surface area contributed by atoms with Crippen LogP contribution in [0.25, 0.3) is 0 Å². The second-order valence-corrected chi connectivity index (χ2v) is 6.44. The third-order valence-electron chi connectivity index (χ3n) is 2.50. The Morgan fingerprint density at radius 2 is 1.90 bits per heavy atom. The van der Waals surface area contributed by atoms with Crippen LogP contribution in [-0.2, 0) is 19.6 Å². The van der Waals surface area contributed by atoms with Crippen molar-refractivity contribution in [3.63, 3.8) is 0 Å². The van der Waals surface area contributed by atoms with Crippen molar-refractivity contribution in [1.82, 2.24) is 4.31 Å². The number of thiocarbonyl (C=S) groups is 1. The van der Waals surface area contributed by atoms with E-state index in [0.29, 0.717) is 5.56 Å². The van der Waals surface area contributed by atoms with Crippen molar-refractivity contribution in [2.45, 2.75) is 11.8 Å². The number of benzene rings is 1. The summed E-state index contributed by atoms with van der Waals surface area (Å²) in [5.41, 5.74) is 6.02. The standard InChI is InChI=1S/C12H16N2O4S2/c1-3-18-11(15)8-14(2)20(16,17)10-6-4-9(5-7-10)12(13)19/h4-7H,3,8H2,1-2H3,(H2,13,19). The minimum absolute atomic E-state index is 0.0595. The molecule has 1 aromatic rings. The Bertz CT molecular complexity index is 596. The lowest BCUT2D eigenvalue weighted by Gasteiger charge is -2.16. The van der Waals surface area contributed by atoms with Gasteiger partial charge in [-0.1, -0.05) is 24.4 Å². The molecule has 0 spiro atoms. The summed E-state index contributed by atoms with van der Waals surface area (Å²) in [5.74, 6) is -0.599. The van der Waals surface area contributed by atoms with Crippen LogP contribution in [0, 0.1) is 0 Å². The number of hydrogen-bond acceptors (Lipinski definition) is 5. The number of sulfonamides is 1. The van der Waals surface area contributed by atoms with Gasteiger partial charge < -0.3 is 10.5 Å². The van der Waals surface area contributed by atoms with Crippen molar-refractivity contribution >= 4 is 33.2 Å². The molecule has 0 aliphatic heterocycles. The molecule has 0 atom stereocenters. The number of carbonyl (C=O) groups is 1. The first-order valence-corrected chi connectivity index (χ1v) is 7.65. The second-order valence-electron chi connectivity index (χ2n) is 3.95. The molecule has 8 heteroatoms. The van der Waals surface area contributed by atoms with Crippen LogP contribution in [0.5, 0.6) is 0 Å². The van der Waals surface area contributed by atoms with Crippen molar-refractivity contribution in [2.24, 2.45) is 5.73 Å². The lowest BCUT2D eigenvalue weighted by molar-refractivity contribution is -0.143. The van der Waals surface area contributed by atoms with Gasteiger partial charge in [0.1, 0.15) is 11.5 Å². The summed E-state index contributed by atoms with van der Waals surface area (Å²) in [4.78, 5) is 11.6. The molecule has 1 aromatic carbocycles. The van der Waals surface area contributed by atoms with E-state index in [1.54, 1.807) is 6.92 Å². The van der Waals surface area contributed by atoms with Crippen molar-refractivity contribution in [3.05, 3.63) is 29.8 Å². The van der Waals surface area contributed by atoms with Crippen LogP contribution in [0.15, 0.2) is 29.2 Å². The first kappa shape index (κ1) is 16.5. The maximum absolute atomic E-state index is 12.2. The van der Waals surface area contributed by atoms with E-state index in [-0.39, 0.29) is 23.0 Å². The average Bonchev–Trinajstić information content (AvgIpc) is 2.38. The summed E-state index contributed by atoms with van der Waals surface area (Å²) >= 11 is 4.79. The smallest absolute Gasteiger partial charge is 0.321 e. The van der Waals surface area contributed by atoms with Crippen LogP contribution in [0.4, 0.5) is 0 Å². The summed E-state index contributed by atoms with van der Waals surface area (Å²) in [6, 6.07) is 5.83. The molecule has 20 heavy (non-hydrogen) atoms. The fraction of sp³-hybridized carbons (Fsp3) is 0.333. The number of likely N-dealkylation sites (N-methyl/N-ethyl adjacent to an activating group) is 1. The molecule has 0 heterocycles. The largest absolute Gasteiger partial charge is 0.465 e. The molecule has 0 aliphatic rings. The fourth-order valence-corrected chi connectivity index (χ4v) is 2.70. The highest BCUT2D eigenvalue weighted by molar-refractivity contribution is 7.89. The van der Waals surface area contributed by atoms with Crippen LogP contribution in [0.2, 0.25) is 0 Å². The zero-order valence-electron chi connectivity index (χ0n) is 11.2. The maximum Gasteiger partial charge on any atom is 0.321 e. The SMILES string of the molecule is CCOC(=O)CN(C)S(=O)(=O)c1ccc(C(N)=S)cc1. The lowest BCUT2D eigenvalue weighted by atomic mass is 10.2. The summed E-state index contributed by atoms with van der Waals surface area (Å²) in [5, 5.41) is 0. The molecule has 2 N–H and O–H groups in total. The second kappa shape index (κ2) is 6.78. The number of hydrogen-bond donors (Lipinski definition) is 1. The van der Waals surface area contributed by atoms with E-state index in [1.165, 1.54) is 31.3 Å². The van der Waals surface area contributed by atoms with E-state index in [0.717, 1.165) is 4.31 Å². The highest BCUT2D eigenvalue weighted by atomic mass is 32.2. The zero-order valence-corrected chi connectivity index (χ0v) is 12.8. The fourth-order valence-electron chi connectivity index (χ4n) is 1.44. The molecule has 0 aliphatic carbocycles. The van der Waals surface area contributed by atoms with Crippen LogP contribution in [0.1, 0.15) is 12.5 Å². The molecule has 110 valence electrons. The molecular formula is C12H16N2O4S2. The van der Waals surface area contributed by atoms with Gasteiger partial charge in [-0.2, -0.15) is 4.31 Å². The molecule has 6 nitrogen and oxygen atoms in total. The maximum atomic E-state index is 12.2. The Morgan fingerprint density at radius 1 is 1.35 bits per heavy atom. The van der Waals surface area contributed by atoms with Gasteiger partial charge >= 0.3 is 5.97 Å². The number of nitrogens with zero attached hydrogens (tertiary/aromatic N) is 1. The Hall–Kier alpha value is -1.51. The van der Waals surface area contributed by atoms with Crippen molar-refractivity contribution in [3.8, 4) is 0 Å². The van der Waals surface area contributed by atoms with E-state index < -0.39 is 16.0 Å². The molecular weight excluding hydrogens is 300 g/mol. The van der Waals surface area contributed by atoms with E-state index in [1.807, 2.05) is 0 Å². The van der Waals surface area contributed by atoms with Gasteiger partial charge in [0.2, 0.25) is 10.0 Å². The predicted molar refractivity (Wildman–Crippen MR) is 78.8 cm³/mol. The summed E-state index contributed by atoms with van der Waals surface area (Å²) in [6.07, 6.45) is 0. The Morgan fingerprint density at radius 3 is 2.35 bits per heavy atom. The van der Waals surface area contributed by atoms with Gasteiger partial charge in [0.05, 0.1) is 11.5 Å². The van der Waals surface area contributed by atoms with E-state index >= 15 is 0 Å². The first-order chi connectivity index (χ1) is 9.28. The normalized spacial score (nSPS) is 11.3. The predicted octanol–water partition coefficient (Wildman–Crippen LogP) is 0.504.